The van der Waals surface area contributed by atoms with Gasteiger partial charge in [0.1, 0.15) is 22.9 Å². The van der Waals surface area contributed by atoms with E-state index in [-0.39, 0.29) is 17.2 Å². The van der Waals surface area contributed by atoms with Gasteiger partial charge in [0.2, 0.25) is 0 Å². The predicted octanol–water partition coefficient (Wildman–Crippen LogP) is 1.27. The fraction of sp³-hybridized carbons (Fsp3) is 0.0714. The Morgan fingerprint density at radius 2 is 2.14 bits per heavy atom. The number of phenolic OH excluding ortho intramolecular Hbond substituents is 1. The first-order chi connectivity index (χ1) is 10.1. The molecule has 2 aromatic rings. The van der Waals surface area contributed by atoms with E-state index in [4.69, 9.17) is 4.74 Å². The molecule has 1 aromatic heterocycles. The lowest BCUT2D eigenvalue weighted by molar-refractivity contribution is 0.0949. The van der Waals surface area contributed by atoms with E-state index in [1.54, 1.807) is 12.1 Å². The lowest BCUT2D eigenvalue weighted by Crippen LogP contribution is -2.18. The number of nitrogens with one attached hydrogen (secondary N) is 1. The number of hydrogen-bond donors (Lipinski definition) is 3. The van der Waals surface area contributed by atoms with E-state index in [1.165, 1.54) is 37.7 Å². The fourth-order valence-corrected chi connectivity index (χ4v) is 1.52. The molecule has 3 N–H and O–H groups in total. The Kier molecular flexibility index (Phi) is 4.35. The van der Waals surface area contributed by atoms with Gasteiger partial charge < -0.3 is 14.9 Å². The molecule has 1 aromatic carbocycles. The van der Waals surface area contributed by atoms with Crippen LogP contribution in [0.5, 0.6) is 17.2 Å². The van der Waals surface area contributed by atoms with Gasteiger partial charge in [-0.25, -0.2) is 5.43 Å². The quantitative estimate of drug-likeness (QED) is 0.580. The second-order valence-corrected chi connectivity index (χ2v) is 4.02. The van der Waals surface area contributed by atoms with Crippen LogP contribution < -0.4 is 10.2 Å². The summed E-state index contributed by atoms with van der Waals surface area (Å²) in [5.74, 6) is -0.0892. The number of ether oxygens (including phenoxy) is 1. The van der Waals surface area contributed by atoms with Crippen LogP contribution in [0.15, 0.2) is 41.6 Å². The minimum absolute atomic E-state index is 0.00396. The maximum Gasteiger partial charge on any atom is 0.290 e. The van der Waals surface area contributed by atoms with Crippen molar-refractivity contribution in [1.82, 2.24) is 10.4 Å². The van der Waals surface area contributed by atoms with Gasteiger partial charge in [-0.15, -0.1) is 0 Å². The Bertz CT molecular complexity index is 686. The maximum atomic E-state index is 11.7. The van der Waals surface area contributed by atoms with Crippen molar-refractivity contribution in [2.24, 2.45) is 5.10 Å². The van der Waals surface area contributed by atoms with Crippen molar-refractivity contribution in [1.29, 1.82) is 0 Å². The molecule has 1 heterocycles. The summed E-state index contributed by atoms with van der Waals surface area (Å²) in [6.07, 6.45) is 2.58. The van der Waals surface area contributed by atoms with Gasteiger partial charge in [-0.1, -0.05) is 0 Å². The number of carbonyl (C=O) groups is 1. The molecular formula is C14H13N3O4. The molecule has 0 unspecified atom stereocenters. The van der Waals surface area contributed by atoms with E-state index in [9.17, 15) is 15.0 Å². The normalized spacial score (nSPS) is 10.5. The molecule has 21 heavy (non-hydrogen) atoms. The number of pyridine rings is 1. The van der Waals surface area contributed by atoms with Crippen LogP contribution in [0.4, 0.5) is 0 Å². The van der Waals surface area contributed by atoms with Gasteiger partial charge in [0.25, 0.3) is 5.91 Å². The van der Waals surface area contributed by atoms with Crippen LogP contribution in [-0.2, 0) is 0 Å². The lowest BCUT2D eigenvalue weighted by atomic mass is 10.2. The van der Waals surface area contributed by atoms with Crippen LogP contribution in [-0.4, -0.2) is 34.4 Å². The van der Waals surface area contributed by atoms with E-state index < -0.39 is 5.91 Å². The first kappa shape index (κ1) is 14.3. The monoisotopic (exact) mass is 287 g/mol. The van der Waals surface area contributed by atoms with Crippen molar-refractivity contribution < 1.29 is 19.7 Å². The molecule has 0 aliphatic rings. The smallest absolute Gasteiger partial charge is 0.290 e. The predicted molar refractivity (Wildman–Crippen MR) is 75.6 cm³/mol. The number of amides is 1. The molecule has 0 saturated carbocycles. The van der Waals surface area contributed by atoms with E-state index in [0.29, 0.717) is 11.3 Å². The summed E-state index contributed by atoms with van der Waals surface area (Å²) >= 11 is 0. The summed E-state index contributed by atoms with van der Waals surface area (Å²) in [5.41, 5.74) is 2.66. The average molecular weight is 287 g/mol. The zero-order valence-electron chi connectivity index (χ0n) is 11.1. The van der Waals surface area contributed by atoms with Crippen molar-refractivity contribution in [2.75, 3.05) is 7.11 Å². The van der Waals surface area contributed by atoms with Crippen molar-refractivity contribution in [2.45, 2.75) is 0 Å². The third kappa shape index (κ3) is 3.69. The van der Waals surface area contributed by atoms with Crippen LogP contribution in [0, 0.1) is 0 Å². The third-order valence-electron chi connectivity index (χ3n) is 2.58. The topological polar surface area (TPSA) is 104 Å². The van der Waals surface area contributed by atoms with Gasteiger partial charge in [0, 0.05) is 17.8 Å². The molecule has 2 rings (SSSR count). The molecule has 0 bridgehead atoms. The van der Waals surface area contributed by atoms with Gasteiger partial charge in [-0.3, -0.25) is 9.78 Å². The molecule has 0 spiro atoms. The number of aromatic nitrogens is 1. The standard InChI is InChI=1S/C14H13N3O4/c1-21-11-2-3-13(19)9(6-11)8-16-17-14(20)12-7-10(18)4-5-15-12/h2-8,19H,1H3,(H,15,18)(H,17,20)/b16-8+. The summed E-state index contributed by atoms with van der Waals surface area (Å²) in [7, 11) is 1.50. The number of carbonyl (C=O) groups excluding carboxylic acids is 1. The van der Waals surface area contributed by atoms with Gasteiger partial charge in [0.05, 0.1) is 13.3 Å². The van der Waals surface area contributed by atoms with Crippen LogP contribution >= 0.6 is 0 Å². The van der Waals surface area contributed by atoms with Crippen molar-refractivity contribution in [3.63, 3.8) is 0 Å². The van der Waals surface area contributed by atoms with Crippen LogP contribution in [0.25, 0.3) is 0 Å². The molecule has 0 aliphatic heterocycles. The Labute approximate surface area is 120 Å². The van der Waals surface area contributed by atoms with Crippen LogP contribution in [0.1, 0.15) is 16.1 Å². The number of methoxy groups -OCH3 is 1. The van der Waals surface area contributed by atoms with Gasteiger partial charge >= 0.3 is 0 Å². The highest BCUT2D eigenvalue weighted by atomic mass is 16.5. The molecule has 1 amide bonds. The zero-order chi connectivity index (χ0) is 15.2. The van der Waals surface area contributed by atoms with Crippen molar-refractivity contribution in [3.05, 3.63) is 47.8 Å². The molecule has 108 valence electrons. The molecule has 0 radical (unpaired) electrons. The second kappa shape index (κ2) is 6.38. The number of hydrogen-bond acceptors (Lipinski definition) is 6. The fourth-order valence-electron chi connectivity index (χ4n) is 1.52. The minimum atomic E-state index is -0.579. The van der Waals surface area contributed by atoms with E-state index in [1.807, 2.05) is 0 Å². The molecule has 0 aliphatic carbocycles. The summed E-state index contributed by atoms with van der Waals surface area (Å²) < 4.78 is 5.02. The molecule has 7 nitrogen and oxygen atoms in total. The van der Waals surface area contributed by atoms with Crippen molar-refractivity contribution in [3.8, 4) is 17.2 Å². The number of benzene rings is 1. The first-order valence-electron chi connectivity index (χ1n) is 5.95. The third-order valence-corrected chi connectivity index (χ3v) is 2.58. The summed E-state index contributed by atoms with van der Waals surface area (Å²) in [6, 6.07) is 7.19. The zero-order valence-corrected chi connectivity index (χ0v) is 11.1. The lowest BCUT2D eigenvalue weighted by Gasteiger charge is -2.03. The Morgan fingerprint density at radius 3 is 2.86 bits per heavy atom. The van der Waals surface area contributed by atoms with E-state index >= 15 is 0 Å². The van der Waals surface area contributed by atoms with Gasteiger partial charge in [-0.05, 0) is 24.3 Å². The molecular weight excluding hydrogens is 274 g/mol. The summed E-state index contributed by atoms with van der Waals surface area (Å²) in [5, 5.41) is 22.6. The maximum absolute atomic E-state index is 11.7. The Hall–Kier alpha value is -3.09. The number of aromatic hydroxyl groups is 2. The summed E-state index contributed by atoms with van der Waals surface area (Å²) in [6.45, 7) is 0. The number of hydrazone groups is 1. The molecule has 0 saturated heterocycles. The highest BCUT2D eigenvalue weighted by Crippen LogP contribution is 2.20. The molecule has 7 heteroatoms. The van der Waals surface area contributed by atoms with Gasteiger partial charge in [-0.2, -0.15) is 5.10 Å². The summed E-state index contributed by atoms with van der Waals surface area (Å²) in [4.78, 5) is 15.5. The Morgan fingerprint density at radius 1 is 1.33 bits per heavy atom. The average Bonchev–Trinajstić information content (AvgIpc) is 2.49. The highest BCUT2D eigenvalue weighted by molar-refractivity contribution is 5.93. The number of nitrogens with zero attached hydrogens (tertiary/aromatic N) is 2. The van der Waals surface area contributed by atoms with E-state index in [0.717, 1.165) is 0 Å². The number of phenols is 1. The number of rotatable bonds is 4. The van der Waals surface area contributed by atoms with Crippen LogP contribution in [0.2, 0.25) is 0 Å². The molecule has 0 fully saturated rings. The minimum Gasteiger partial charge on any atom is -0.508 e. The SMILES string of the molecule is COc1ccc(O)c(/C=N/NC(=O)c2cc(O)ccn2)c1. The van der Waals surface area contributed by atoms with Crippen LogP contribution in [0.3, 0.4) is 0 Å². The second-order valence-electron chi connectivity index (χ2n) is 4.02. The largest absolute Gasteiger partial charge is 0.508 e. The highest BCUT2D eigenvalue weighted by Gasteiger charge is 2.06. The van der Waals surface area contributed by atoms with E-state index in [2.05, 4.69) is 15.5 Å². The van der Waals surface area contributed by atoms with Crippen molar-refractivity contribution >= 4 is 12.1 Å². The van der Waals surface area contributed by atoms with Gasteiger partial charge in [0.15, 0.2) is 0 Å². The Balaban J connectivity index is 2.07. The first-order valence-corrected chi connectivity index (χ1v) is 5.95. The molecule has 0 atom stereocenters.